The molecule has 0 saturated heterocycles. The van der Waals surface area contributed by atoms with Crippen molar-refractivity contribution in [1.29, 1.82) is 0 Å². The highest BCUT2D eigenvalue weighted by Gasteiger charge is 2.26. The molecule has 0 fully saturated rings. The zero-order valence-electron chi connectivity index (χ0n) is 11.1. The summed E-state index contributed by atoms with van der Waals surface area (Å²) >= 11 is 0. The minimum Gasteiger partial charge on any atom is -0.365 e. The summed E-state index contributed by atoms with van der Waals surface area (Å²) in [4.78, 5) is 15.1. The van der Waals surface area contributed by atoms with Crippen molar-refractivity contribution in [3.05, 3.63) is 23.5 Å². The molecule has 4 N–H and O–H groups in total. The van der Waals surface area contributed by atoms with Crippen LogP contribution in [0.1, 0.15) is 43.2 Å². The molecule has 0 aliphatic carbocycles. The molecule has 1 rings (SSSR count). The van der Waals surface area contributed by atoms with Gasteiger partial charge in [-0.2, -0.15) is 0 Å². The van der Waals surface area contributed by atoms with Crippen LogP contribution < -0.4 is 11.1 Å². The lowest BCUT2D eigenvalue weighted by Crippen LogP contribution is -2.52. The Hall–Kier alpha value is -1.29. The average Bonchev–Trinajstić information content (AvgIpc) is 2.63. The molecule has 0 aliphatic heterocycles. The number of hydrogen-bond acceptors (Lipinski definition) is 2. The molecule has 4 heteroatoms. The van der Waals surface area contributed by atoms with Crippen LogP contribution in [-0.2, 0) is 0 Å². The Bertz CT molecular complexity index is 384. The minimum atomic E-state index is -0.338. The van der Waals surface area contributed by atoms with Gasteiger partial charge < -0.3 is 16.0 Å². The van der Waals surface area contributed by atoms with Crippen LogP contribution in [0.5, 0.6) is 0 Å². The van der Waals surface area contributed by atoms with Crippen molar-refractivity contribution in [1.82, 2.24) is 10.3 Å². The number of H-pyrrole nitrogens is 1. The van der Waals surface area contributed by atoms with Crippen molar-refractivity contribution in [2.45, 2.75) is 39.7 Å². The summed E-state index contributed by atoms with van der Waals surface area (Å²) < 4.78 is 0. The van der Waals surface area contributed by atoms with E-state index in [0.717, 1.165) is 12.1 Å². The first kappa shape index (κ1) is 13.8. The first-order valence-corrected chi connectivity index (χ1v) is 6.04. The Morgan fingerprint density at radius 3 is 2.65 bits per heavy atom. The summed E-state index contributed by atoms with van der Waals surface area (Å²) in [7, 11) is 0. The molecule has 96 valence electrons. The van der Waals surface area contributed by atoms with E-state index in [-0.39, 0.29) is 11.4 Å². The first-order chi connectivity index (χ1) is 7.88. The lowest BCUT2D eigenvalue weighted by molar-refractivity contribution is 0.0898. The Morgan fingerprint density at radius 1 is 1.59 bits per heavy atom. The van der Waals surface area contributed by atoms with Crippen LogP contribution in [0.3, 0.4) is 0 Å². The van der Waals surface area contributed by atoms with E-state index in [0.29, 0.717) is 18.0 Å². The maximum Gasteiger partial charge on any atom is 0.253 e. The van der Waals surface area contributed by atoms with Crippen LogP contribution in [0.4, 0.5) is 0 Å². The van der Waals surface area contributed by atoms with E-state index in [9.17, 15) is 4.79 Å². The maximum absolute atomic E-state index is 12.1. The molecule has 1 aromatic heterocycles. The molecule has 0 saturated carbocycles. The summed E-state index contributed by atoms with van der Waals surface area (Å²) in [5.41, 5.74) is 7.00. The van der Waals surface area contributed by atoms with Crippen molar-refractivity contribution in [2.75, 3.05) is 6.54 Å². The SMILES string of the molecule is Cc1[nH]ccc1C(=O)NC(C)(CN)CC(C)C. The van der Waals surface area contributed by atoms with Crippen molar-refractivity contribution in [3.8, 4) is 0 Å². The first-order valence-electron chi connectivity index (χ1n) is 6.04. The second-order valence-electron chi connectivity index (χ2n) is 5.33. The highest BCUT2D eigenvalue weighted by molar-refractivity contribution is 5.95. The van der Waals surface area contributed by atoms with Crippen LogP contribution >= 0.6 is 0 Å². The fourth-order valence-electron chi connectivity index (χ4n) is 2.13. The average molecular weight is 237 g/mol. The van der Waals surface area contributed by atoms with Gasteiger partial charge in [-0.05, 0) is 32.3 Å². The van der Waals surface area contributed by atoms with Gasteiger partial charge in [-0.3, -0.25) is 4.79 Å². The van der Waals surface area contributed by atoms with Crippen LogP contribution in [0.25, 0.3) is 0 Å². The third-order valence-electron chi connectivity index (χ3n) is 2.92. The van der Waals surface area contributed by atoms with Gasteiger partial charge in [0.15, 0.2) is 0 Å². The number of carbonyl (C=O) groups excluding carboxylic acids is 1. The quantitative estimate of drug-likeness (QED) is 0.731. The molecule has 0 aromatic carbocycles. The molecular weight excluding hydrogens is 214 g/mol. The number of carbonyl (C=O) groups is 1. The molecule has 0 spiro atoms. The van der Waals surface area contributed by atoms with Gasteiger partial charge in [-0.15, -0.1) is 0 Å². The number of rotatable bonds is 5. The summed E-state index contributed by atoms with van der Waals surface area (Å²) in [6.07, 6.45) is 2.64. The topological polar surface area (TPSA) is 70.9 Å². The zero-order chi connectivity index (χ0) is 13.1. The van der Waals surface area contributed by atoms with Crippen LogP contribution in [-0.4, -0.2) is 23.0 Å². The second kappa shape index (κ2) is 5.36. The number of nitrogens with two attached hydrogens (primary N) is 1. The lowest BCUT2D eigenvalue weighted by atomic mass is 9.90. The van der Waals surface area contributed by atoms with Gasteiger partial charge in [-0.25, -0.2) is 0 Å². The Morgan fingerprint density at radius 2 is 2.24 bits per heavy atom. The van der Waals surface area contributed by atoms with Crippen LogP contribution in [0.2, 0.25) is 0 Å². The van der Waals surface area contributed by atoms with Gasteiger partial charge in [0.25, 0.3) is 5.91 Å². The minimum absolute atomic E-state index is 0.0580. The van der Waals surface area contributed by atoms with Crippen molar-refractivity contribution in [2.24, 2.45) is 11.7 Å². The second-order valence-corrected chi connectivity index (χ2v) is 5.33. The molecule has 1 aromatic rings. The van der Waals surface area contributed by atoms with Crippen molar-refractivity contribution in [3.63, 3.8) is 0 Å². The van der Waals surface area contributed by atoms with Gasteiger partial charge in [0.2, 0.25) is 0 Å². The number of aryl methyl sites for hydroxylation is 1. The van der Waals surface area contributed by atoms with Gasteiger partial charge >= 0.3 is 0 Å². The van der Waals surface area contributed by atoms with Gasteiger partial charge in [0.1, 0.15) is 0 Å². The number of hydrogen-bond donors (Lipinski definition) is 3. The fraction of sp³-hybridized carbons (Fsp3) is 0.615. The molecule has 4 nitrogen and oxygen atoms in total. The summed E-state index contributed by atoms with van der Waals surface area (Å²) in [5.74, 6) is 0.438. The molecule has 1 heterocycles. The predicted molar refractivity (Wildman–Crippen MR) is 69.9 cm³/mol. The Labute approximate surface area is 103 Å². The van der Waals surface area contributed by atoms with Crippen molar-refractivity contribution >= 4 is 5.91 Å². The van der Waals surface area contributed by atoms with E-state index in [1.807, 2.05) is 13.8 Å². The number of aromatic amines is 1. The van der Waals surface area contributed by atoms with E-state index in [2.05, 4.69) is 24.1 Å². The highest BCUT2D eigenvalue weighted by Crippen LogP contribution is 2.16. The Kier molecular flexibility index (Phi) is 4.34. The highest BCUT2D eigenvalue weighted by atomic mass is 16.1. The van der Waals surface area contributed by atoms with E-state index in [1.165, 1.54) is 0 Å². The van der Waals surface area contributed by atoms with E-state index >= 15 is 0 Å². The summed E-state index contributed by atoms with van der Waals surface area (Å²) in [5, 5.41) is 3.03. The standard InChI is InChI=1S/C13H23N3O/c1-9(2)7-13(4,8-14)16-12(17)11-5-6-15-10(11)3/h5-6,9,15H,7-8,14H2,1-4H3,(H,16,17). The smallest absolute Gasteiger partial charge is 0.253 e. The van der Waals surface area contributed by atoms with E-state index in [1.54, 1.807) is 12.3 Å². The largest absolute Gasteiger partial charge is 0.365 e. The van der Waals surface area contributed by atoms with Crippen molar-refractivity contribution < 1.29 is 4.79 Å². The molecule has 17 heavy (non-hydrogen) atoms. The van der Waals surface area contributed by atoms with Gasteiger partial charge in [0.05, 0.1) is 5.56 Å². The third kappa shape index (κ3) is 3.60. The number of aromatic nitrogens is 1. The zero-order valence-corrected chi connectivity index (χ0v) is 11.1. The van der Waals surface area contributed by atoms with Crippen LogP contribution in [0, 0.1) is 12.8 Å². The number of nitrogens with one attached hydrogen (secondary N) is 2. The predicted octanol–water partition coefficient (Wildman–Crippen LogP) is 1.82. The fourth-order valence-corrected chi connectivity index (χ4v) is 2.13. The molecule has 0 radical (unpaired) electrons. The molecule has 0 bridgehead atoms. The maximum atomic E-state index is 12.1. The molecule has 1 amide bonds. The Balaban J connectivity index is 2.75. The molecule has 0 aliphatic rings. The monoisotopic (exact) mass is 237 g/mol. The molecule has 1 atom stereocenters. The van der Waals surface area contributed by atoms with E-state index in [4.69, 9.17) is 5.73 Å². The normalized spacial score (nSPS) is 14.7. The van der Waals surface area contributed by atoms with Gasteiger partial charge in [0, 0.05) is 24.0 Å². The van der Waals surface area contributed by atoms with Gasteiger partial charge in [-0.1, -0.05) is 13.8 Å². The van der Waals surface area contributed by atoms with Crippen LogP contribution in [0.15, 0.2) is 12.3 Å². The summed E-state index contributed by atoms with van der Waals surface area (Å²) in [6, 6.07) is 1.79. The van der Waals surface area contributed by atoms with E-state index < -0.39 is 0 Å². The molecular formula is C13H23N3O. The summed E-state index contributed by atoms with van der Waals surface area (Å²) in [6.45, 7) is 8.58. The number of amides is 1. The lowest BCUT2D eigenvalue weighted by Gasteiger charge is -2.31. The third-order valence-corrected chi connectivity index (χ3v) is 2.92. The molecule has 1 unspecified atom stereocenters.